The lowest BCUT2D eigenvalue weighted by molar-refractivity contribution is -0.147. The summed E-state index contributed by atoms with van der Waals surface area (Å²) in [6.07, 6.45) is 1.98. The molecule has 17 heteroatoms. The van der Waals surface area contributed by atoms with Crippen molar-refractivity contribution in [2.24, 2.45) is 17.8 Å². The first kappa shape index (κ1) is 49.6. The zero-order valence-electron chi connectivity index (χ0n) is 38.4. The summed E-state index contributed by atoms with van der Waals surface area (Å²) in [5.41, 5.74) is 4.13. The van der Waals surface area contributed by atoms with Gasteiger partial charge in [-0.05, 0) is 71.3 Å². The number of amides is 2. The first-order valence-electron chi connectivity index (χ1n) is 21.8. The van der Waals surface area contributed by atoms with Crippen molar-refractivity contribution in [3.63, 3.8) is 0 Å². The molecule has 15 nitrogen and oxygen atoms in total. The maximum atomic E-state index is 13.9. The van der Waals surface area contributed by atoms with Gasteiger partial charge in [0.05, 0.1) is 26.2 Å². The second kappa shape index (κ2) is 23.1. The Balaban J connectivity index is 0.000000224. The minimum atomic E-state index is -0.837. The zero-order valence-corrected chi connectivity index (χ0v) is 38.4. The molecule has 68 heavy (non-hydrogen) atoms. The Hall–Kier alpha value is -7.82. The summed E-state index contributed by atoms with van der Waals surface area (Å²) >= 11 is 0. The van der Waals surface area contributed by atoms with Crippen LogP contribution >= 0.6 is 0 Å². The highest BCUT2D eigenvalue weighted by atomic mass is 19.1. The van der Waals surface area contributed by atoms with E-state index < -0.39 is 53.8 Å². The number of hydrogen-bond acceptors (Lipinski definition) is 11. The maximum Gasteiger partial charge on any atom is 0.408 e. The molecule has 0 fully saturated rings. The van der Waals surface area contributed by atoms with Gasteiger partial charge in [-0.2, -0.15) is 0 Å². The van der Waals surface area contributed by atoms with E-state index in [4.69, 9.17) is 23.4 Å². The average molecular weight is 934 g/mol. The molecule has 4 N–H and O–H groups in total. The second-order valence-electron chi connectivity index (χ2n) is 16.6. The molecule has 0 radical (unpaired) electrons. The lowest BCUT2D eigenvalue weighted by atomic mass is 9.89. The molecule has 0 bridgehead atoms. The van der Waals surface area contributed by atoms with Gasteiger partial charge in [-0.15, -0.1) is 0 Å². The lowest BCUT2D eigenvalue weighted by Gasteiger charge is -2.23. The standard InChI is InChI=1S/C26H29FN2O5.C25H24FN3O5/c1-16(2)24(29-26(32)34-15-17-7-5-4-6-8-17)23(30)12-18(25(31)33-3)11-19-14-28-22-10-9-20(27)13-21(19)22;1-14(2)20(29-25(31)33-13-15-7-5-4-6-8-15)23-28-21(24(30)32-3)22(34-23)18-12-27-19-10-9-16(26)11-17(18)19/h4-10,13-14,16,18,24,28H,11-12,15H2,1-3H3,(H,29,32);4-12,14,20,27H,13H2,1-3H3,(H,29,31)/t18?,24-;20-/m00/s1. The van der Waals surface area contributed by atoms with Crippen LogP contribution in [0.1, 0.15) is 73.2 Å². The topological polar surface area (TPSA) is 204 Å². The summed E-state index contributed by atoms with van der Waals surface area (Å²) in [5.74, 6) is -3.35. The fraction of sp³-hybridized carbons (Fsp3) is 0.294. The second-order valence-corrected chi connectivity index (χ2v) is 16.6. The molecular weight excluding hydrogens is 881 g/mol. The number of benzene rings is 4. The van der Waals surface area contributed by atoms with Crippen LogP contribution in [0.25, 0.3) is 33.1 Å². The van der Waals surface area contributed by atoms with Crippen LogP contribution in [0.15, 0.2) is 114 Å². The first-order valence-corrected chi connectivity index (χ1v) is 21.8. The van der Waals surface area contributed by atoms with Crippen molar-refractivity contribution in [2.45, 2.75) is 65.8 Å². The first-order chi connectivity index (χ1) is 32.6. The van der Waals surface area contributed by atoms with Crippen molar-refractivity contribution < 1.29 is 56.1 Å². The summed E-state index contributed by atoms with van der Waals surface area (Å²) in [7, 11) is 2.49. The number of oxazole rings is 1. The Bertz CT molecular complexity index is 2840. The quantitative estimate of drug-likeness (QED) is 0.0500. The Labute approximate surface area is 390 Å². The number of methoxy groups -OCH3 is 2. The predicted molar refractivity (Wildman–Crippen MR) is 248 cm³/mol. The van der Waals surface area contributed by atoms with Crippen LogP contribution in [0.4, 0.5) is 18.4 Å². The van der Waals surface area contributed by atoms with E-state index in [-0.39, 0.29) is 61.0 Å². The van der Waals surface area contributed by atoms with E-state index in [1.54, 1.807) is 38.4 Å². The number of carbonyl (C=O) groups excluding carboxylic acids is 5. The number of halogens is 2. The van der Waals surface area contributed by atoms with Gasteiger partial charge in [0.2, 0.25) is 5.89 Å². The van der Waals surface area contributed by atoms with E-state index in [0.29, 0.717) is 27.4 Å². The third kappa shape index (κ3) is 12.7. The molecule has 2 amide bonds. The van der Waals surface area contributed by atoms with Gasteiger partial charge < -0.3 is 44.0 Å². The van der Waals surface area contributed by atoms with Crippen LogP contribution < -0.4 is 10.6 Å². The third-order valence-corrected chi connectivity index (χ3v) is 11.0. The fourth-order valence-corrected chi connectivity index (χ4v) is 7.44. The number of H-pyrrole nitrogens is 2. The molecule has 0 saturated heterocycles. The van der Waals surface area contributed by atoms with Crippen LogP contribution in [0.3, 0.4) is 0 Å². The van der Waals surface area contributed by atoms with Gasteiger partial charge in [-0.3, -0.25) is 9.59 Å². The molecule has 356 valence electrons. The molecular formula is C51H53F2N5O10. The molecule has 7 aromatic rings. The minimum absolute atomic E-state index is 0.0761. The zero-order chi connectivity index (χ0) is 48.9. The number of hydrogen-bond donors (Lipinski definition) is 4. The number of nitrogens with zero attached hydrogens (tertiary/aromatic N) is 1. The molecule has 3 atom stereocenters. The highest BCUT2D eigenvalue weighted by Crippen LogP contribution is 2.35. The summed E-state index contributed by atoms with van der Waals surface area (Å²) in [6, 6.07) is 25.6. The third-order valence-electron chi connectivity index (χ3n) is 11.0. The number of aromatic nitrogens is 3. The number of alkyl carbamates (subject to hydrolysis) is 2. The Morgan fingerprint density at radius 3 is 1.81 bits per heavy atom. The number of carbonyl (C=O) groups is 5. The van der Waals surface area contributed by atoms with E-state index in [0.717, 1.165) is 16.6 Å². The molecule has 3 heterocycles. The monoisotopic (exact) mass is 933 g/mol. The van der Waals surface area contributed by atoms with Crippen LogP contribution in [-0.4, -0.2) is 65.1 Å². The van der Waals surface area contributed by atoms with Crippen LogP contribution in [0, 0.1) is 29.4 Å². The molecule has 0 aliphatic heterocycles. The highest BCUT2D eigenvalue weighted by Gasteiger charge is 2.32. The molecule has 4 aromatic carbocycles. The smallest absolute Gasteiger partial charge is 0.408 e. The van der Waals surface area contributed by atoms with E-state index in [9.17, 15) is 32.8 Å². The van der Waals surface area contributed by atoms with Crippen molar-refractivity contribution in [3.8, 4) is 11.3 Å². The van der Waals surface area contributed by atoms with Gasteiger partial charge >= 0.3 is 24.1 Å². The average Bonchev–Trinajstić information content (AvgIpc) is 4.07. The molecule has 1 unspecified atom stereocenters. The van der Waals surface area contributed by atoms with E-state index >= 15 is 0 Å². The molecule has 0 aliphatic carbocycles. The van der Waals surface area contributed by atoms with Crippen LogP contribution in [0.5, 0.6) is 0 Å². The largest absolute Gasteiger partial charge is 0.469 e. The van der Waals surface area contributed by atoms with E-state index in [1.165, 1.54) is 38.5 Å². The Morgan fingerprint density at radius 2 is 1.25 bits per heavy atom. The summed E-state index contributed by atoms with van der Waals surface area (Å²) < 4.78 is 54.0. The number of fused-ring (bicyclic) bond motifs is 2. The normalized spacial score (nSPS) is 12.4. The van der Waals surface area contributed by atoms with Gasteiger partial charge in [0.15, 0.2) is 17.2 Å². The predicted octanol–water partition coefficient (Wildman–Crippen LogP) is 9.92. The van der Waals surface area contributed by atoms with Crippen LogP contribution in [0.2, 0.25) is 0 Å². The molecule has 7 rings (SSSR count). The molecule has 0 aliphatic rings. The highest BCUT2D eigenvalue weighted by molar-refractivity contribution is 6.01. The lowest BCUT2D eigenvalue weighted by Crippen LogP contribution is -2.45. The van der Waals surface area contributed by atoms with Crippen molar-refractivity contribution >= 4 is 51.7 Å². The fourth-order valence-electron chi connectivity index (χ4n) is 7.44. The minimum Gasteiger partial charge on any atom is -0.469 e. The van der Waals surface area contributed by atoms with Gasteiger partial charge in [-0.25, -0.2) is 28.1 Å². The molecule has 0 spiro atoms. The van der Waals surface area contributed by atoms with E-state index in [1.807, 2.05) is 74.5 Å². The van der Waals surface area contributed by atoms with Crippen LogP contribution in [-0.2, 0) is 48.2 Å². The number of ketones is 1. The van der Waals surface area contributed by atoms with Crippen molar-refractivity contribution in [2.75, 3.05) is 14.2 Å². The molecule has 0 saturated carbocycles. The number of ether oxygens (including phenoxy) is 4. The van der Waals surface area contributed by atoms with Crippen molar-refractivity contribution in [3.05, 3.63) is 149 Å². The number of esters is 2. The van der Waals surface area contributed by atoms with Gasteiger partial charge in [-0.1, -0.05) is 88.4 Å². The van der Waals surface area contributed by atoms with Crippen molar-refractivity contribution in [1.82, 2.24) is 25.6 Å². The van der Waals surface area contributed by atoms with Crippen molar-refractivity contribution in [1.29, 1.82) is 0 Å². The number of Topliss-reactive ketones (excluding diaryl/α,β-unsaturated/α-hetero) is 1. The summed E-state index contributed by atoms with van der Waals surface area (Å²) in [5, 5.41) is 6.54. The Kier molecular flexibility index (Phi) is 16.8. The summed E-state index contributed by atoms with van der Waals surface area (Å²) in [6.45, 7) is 7.51. The number of rotatable bonds is 17. The number of nitrogens with one attached hydrogen (secondary N) is 4. The Morgan fingerprint density at radius 1 is 0.691 bits per heavy atom. The van der Waals surface area contributed by atoms with Gasteiger partial charge in [0.25, 0.3) is 0 Å². The maximum absolute atomic E-state index is 13.9. The molecule has 3 aromatic heterocycles. The number of aromatic amines is 2. The summed E-state index contributed by atoms with van der Waals surface area (Å²) in [4.78, 5) is 73.3. The van der Waals surface area contributed by atoms with Gasteiger partial charge in [0.1, 0.15) is 30.9 Å². The SMILES string of the molecule is COC(=O)C(CC(=O)[C@@H](NC(=O)OCc1ccccc1)C(C)C)Cc1c[nH]c2ccc(F)cc12.COC(=O)c1nc([C@@H](NC(=O)OCc2ccccc2)C(C)C)oc1-c1c[nH]c2ccc(F)cc12. The van der Waals surface area contributed by atoms with Gasteiger partial charge in [0, 0.05) is 46.2 Å². The van der Waals surface area contributed by atoms with E-state index in [2.05, 4.69) is 25.6 Å².